The highest BCUT2D eigenvalue weighted by Crippen LogP contribution is 2.31. The van der Waals surface area contributed by atoms with Gasteiger partial charge in [-0.3, -0.25) is 0 Å². The van der Waals surface area contributed by atoms with Gasteiger partial charge in [0.15, 0.2) is 24.8 Å². The van der Waals surface area contributed by atoms with E-state index in [0.717, 1.165) is 182 Å². The van der Waals surface area contributed by atoms with Crippen LogP contribution in [-0.4, -0.2) is 76.6 Å². The van der Waals surface area contributed by atoms with Crippen LogP contribution >= 0.6 is 0 Å². The molecule has 0 saturated heterocycles. The molecule has 0 unspecified atom stereocenters. The number of nitrogens with zero attached hydrogens (tertiary/aromatic N) is 4. The van der Waals surface area contributed by atoms with E-state index < -0.39 is 14.6 Å². The van der Waals surface area contributed by atoms with Crippen LogP contribution in [0.2, 0.25) is 0 Å². The number of aromatic nitrogens is 4. The summed E-state index contributed by atoms with van der Waals surface area (Å²) in [5.41, 5.74) is 10.4. The van der Waals surface area contributed by atoms with E-state index >= 15 is 0 Å². The summed E-state index contributed by atoms with van der Waals surface area (Å²) in [7, 11) is 3.29. The van der Waals surface area contributed by atoms with E-state index in [-0.39, 0.29) is 0 Å². The maximum Gasteiger partial charge on any atom is 0.639 e. The lowest BCUT2D eigenvalue weighted by Gasteiger charge is -2.14. The molecule has 82 heavy (non-hydrogen) atoms. The number of benzene rings is 2. The molecule has 4 aromatic heterocycles. The molecule has 0 atom stereocenters. The van der Waals surface area contributed by atoms with Crippen LogP contribution in [0, 0.1) is 13.8 Å². The topological polar surface area (TPSA) is 91.5 Å². The third-order valence-corrected chi connectivity index (χ3v) is 14.2. The lowest BCUT2D eigenvalue weighted by atomic mass is 10.1. The minimum absolute atomic E-state index is 0.454. The second-order valence-electron chi connectivity index (χ2n) is 21.1. The molecule has 0 aliphatic heterocycles. The average Bonchev–Trinajstić information content (AvgIpc) is 4.00. The summed E-state index contributed by atoms with van der Waals surface area (Å²) in [6, 6.07) is 26.3. The van der Waals surface area contributed by atoms with Crippen LogP contribution in [0.5, 0.6) is 0 Å². The Bertz CT molecular complexity index is 2450. The molecule has 6 rings (SSSR count). The molecule has 454 valence electrons. The molecular weight excluding hydrogens is 1020 g/mol. The summed E-state index contributed by atoms with van der Waals surface area (Å²) < 4.78 is 42.3. The molecule has 2 aromatic carbocycles. The normalized spacial score (nSPS) is 11.2. The van der Waals surface area contributed by atoms with Gasteiger partial charge in [0.2, 0.25) is 0 Å². The third kappa shape index (κ3) is 27.8. The fraction of sp³-hybridized carbons (Fsp3) is 0.588. The summed E-state index contributed by atoms with van der Waals surface area (Å²) in [5.74, 6) is 0. The Balaban J connectivity index is 0.000000347. The molecule has 0 aliphatic rings. The number of pyridine rings is 2. The molecule has 6 aromatic rings. The number of aryl methyl sites for hydroxylation is 4. The molecule has 0 N–H and O–H groups in total. The summed E-state index contributed by atoms with van der Waals surface area (Å²) in [4.78, 5) is 9.75. The zero-order valence-corrected chi connectivity index (χ0v) is 53.4. The Hall–Kier alpha value is -4.63. The first-order valence-electron chi connectivity index (χ1n) is 31.8. The van der Waals surface area contributed by atoms with Crippen molar-refractivity contribution in [2.24, 2.45) is 14.1 Å². The maximum absolute atomic E-state index is 5.53. The molecule has 12 nitrogen and oxygen atoms in total. The first kappa shape index (κ1) is 71.6. The molecule has 0 aliphatic carbocycles. The lowest BCUT2D eigenvalue weighted by molar-refractivity contribution is -0.697. The van der Waals surface area contributed by atoms with Crippen molar-refractivity contribution >= 4 is 48.6 Å². The van der Waals surface area contributed by atoms with Gasteiger partial charge in [0.25, 0.3) is 0 Å². The van der Waals surface area contributed by atoms with Crippen LogP contribution in [0.4, 0.5) is 0 Å². The Morgan fingerprint density at radius 3 is 1.18 bits per heavy atom. The zero-order valence-electron chi connectivity index (χ0n) is 53.4. The van der Waals surface area contributed by atoms with Crippen LogP contribution in [-0.2, 0) is 64.9 Å². The van der Waals surface area contributed by atoms with Gasteiger partial charge in [-0.1, -0.05) is 155 Å². The van der Waals surface area contributed by atoms with Crippen molar-refractivity contribution in [2.75, 3.05) is 52.9 Å². The van der Waals surface area contributed by atoms with Crippen LogP contribution in [0.1, 0.15) is 193 Å². The van der Waals surface area contributed by atoms with E-state index in [2.05, 4.69) is 204 Å². The van der Waals surface area contributed by atoms with E-state index in [1.165, 1.54) is 55.4 Å². The van der Waals surface area contributed by atoms with Gasteiger partial charge in [0.05, 0.1) is 13.2 Å². The Kier molecular flexibility index (Phi) is 40.0. The van der Waals surface area contributed by atoms with Crippen molar-refractivity contribution in [2.45, 2.75) is 198 Å². The SMILES string of the molecule is CCCCOB(OCCCC)OCCCC.CCCCOB(OCCCC)OCCCC.CCCCOOCCCC.Cc1c(/C=C/c2c(C)n(CCCC[n+]3ccc(-c4cc[n+](C)cc4)cc3)c3ccccc23)c2ccccc2n1C. The minimum atomic E-state index is -0.454. The van der Waals surface area contributed by atoms with Crippen LogP contribution in [0.15, 0.2) is 97.6 Å². The second kappa shape index (κ2) is 45.8. The van der Waals surface area contributed by atoms with Crippen LogP contribution in [0.25, 0.3) is 45.1 Å². The third-order valence-electron chi connectivity index (χ3n) is 14.2. The van der Waals surface area contributed by atoms with Gasteiger partial charge in [-0.2, -0.15) is 0 Å². The maximum atomic E-state index is 5.53. The Labute approximate surface area is 498 Å². The predicted octanol–water partition coefficient (Wildman–Crippen LogP) is 16.6. The number of hydrogen-bond acceptors (Lipinski definition) is 8. The smallest absolute Gasteiger partial charge is 0.386 e. The molecule has 0 bridgehead atoms. The van der Waals surface area contributed by atoms with E-state index in [1.54, 1.807) is 0 Å². The fourth-order valence-corrected chi connectivity index (χ4v) is 8.70. The summed E-state index contributed by atoms with van der Waals surface area (Å²) >= 11 is 0. The monoisotopic (exact) mass is 1130 g/mol. The lowest BCUT2D eigenvalue weighted by Crippen LogP contribution is -2.32. The number of fused-ring (bicyclic) bond motifs is 2. The molecule has 0 spiro atoms. The quantitative estimate of drug-likeness (QED) is 0.0124. The number of para-hydroxylation sites is 2. The van der Waals surface area contributed by atoms with Gasteiger partial charge >= 0.3 is 14.6 Å². The number of rotatable bonds is 39. The van der Waals surface area contributed by atoms with Crippen molar-refractivity contribution in [3.63, 3.8) is 0 Å². The van der Waals surface area contributed by atoms with Gasteiger partial charge in [-0.15, -0.1) is 0 Å². The van der Waals surface area contributed by atoms with E-state index in [9.17, 15) is 0 Å². The highest BCUT2D eigenvalue weighted by Gasteiger charge is 2.22. The largest absolute Gasteiger partial charge is 0.639 e. The van der Waals surface area contributed by atoms with Crippen LogP contribution < -0.4 is 9.13 Å². The number of hydrogen-bond donors (Lipinski definition) is 0. The molecule has 0 amide bonds. The molecular formula is C68H110B2N4O8+2. The van der Waals surface area contributed by atoms with Crippen molar-refractivity contribution < 1.29 is 46.8 Å². The fourth-order valence-electron chi connectivity index (χ4n) is 8.70. The van der Waals surface area contributed by atoms with Gasteiger partial charge in [-0.25, -0.2) is 18.9 Å². The van der Waals surface area contributed by atoms with Gasteiger partial charge in [0, 0.05) is 128 Å². The first-order valence-corrected chi connectivity index (χ1v) is 31.8. The van der Waals surface area contributed by atoms with Crippen molar-refractivity contribution in [3.8, 4) is 11.1 Å². The standard InChI is InChI=1S/C36H38N4.2C12H27BO3.C8H18O2/c1-27-31(33-11-5-7-13-35(33)38(27)4)15-16-32-28(2)40(36-14-8-6-12-34(32)36)22-10-9-21-39-25-19-30(20-26-39)29-17-23-37(3)24-18-29;2*1-4-7-10-14-13(15-11-8-5-2)16-12-9-6-3;1-3-5-7-9-10-8-6-4-2/h5-8,11-20,23-26H,9-10,21-22H2,1-4H3;2*4-12H2,1-3H3;3-8H2,1-2H3/q+2;;;/b16-15+;;;. The summed E-state index contributed by atoms with van der Waals surface area (Å²) in [6.45, 7) is 29.5. The summed E-state index contributed by atoms with van der Waals surface area (Å²) in [6.07, 6.45) is 33.2. The highest BCUT2D eigenvalue weighted by molar-refractivity contribution is 6.36. The van der Waals surface area contributed by atoms with Crippen molar-refractivity contribution in [3.05, 3.63) is 120 Å². The molecule has 0 radical (unpaired) electrons. The van der Waals surface area contributed by atoms with Crippen LogP contribution in [0.3, 0.4) is 0 Å². The van der Waals surface area contributed by atoms with Crippen molar-refractivity contribution in [1.82, 2.24) is 9.13 Å². The van der Waals surface area contributed by atoms with E-state index in [4.69, 9.17) is 37.7 Å². The molecule has 4 heterocycles. The van der Waals surface area contributed by atoms with Gasteiger partial charge in [0.1, 0.15) is 13.6 Å². The first-order chi connectivity index (χ1) is 40.1. The highest BCUT2D eigenvalue weighted by atomic mass is 17.2. The van der Waals surface area contributed by atoms with E-state index in [0.29, 0.717) is 0 Å². The minimum Gasteiger partial charge on any atom is -0.386 e. The number of unbranched alkanes of at least 4 members (excludes halogenated alkanes) is 9. The Morgan fingerprint density at radius 2 is 0.768 bits per heavy atom. The molecule has 0 fully saturated rings. The molecule has 14 heteroatoms. The second-order valence-corrected chi connectivity index (χ2v) is 21.1. The predicted molar refractivity (Wildman–Crippen MR) is 344 cm³/mol. The Morgan fingerprint density at radius 1 is 0.415 bits per heavy atom. The van der Waals surface area contributed by atoms with Gasteiger partial charge in [-0.05, 0) is 94.9 Å². The summed E-state index contributed by atoms with van der Waals surface area (Å²) in [5, 5.41) is 2.64. The zero-order chi connectivity index (χ0) is 59.4. The van der Waals surface area contributed by atoms with E-state index in [1.807, 2.05) is 7.05 Å². The van der Waals surface area contributed by atoms with Crippen molar-refractivity contribution in [1.29, 1.82) is 0 Å². The molecule has 0 saturated carbocycles. The average molecular weight is 1130 g/mol. The van der Waals surface area contributed by atoms with Gasteiger partial charge < -0.3 is 37.1 Å².